The normalized spacial score (nSPS) is 47.9. The van der Waals surface area contributed by atoms with Gasteiger partial charge in [0.1, 0.15) is 17.5 Å². The molecule has 122 valence electrons. The van der Waals surface area contributed by atoms with Crippen LogP contribution >= 0.6 is 0 Å². The first-order valence-electron chi connectivity index (χ1n) is 8.05. The lowest BCUT2D eigenvalue weighted by atomic mass is 9.64. The van der Waals surface area contributed by atoms with Gasteiger partial charge in [-0.15, -0.1) is 0 Å². The quantitative estimate of drug-likeness (QED) is 0.620. The van der Waals surface area contributed by atoms with E-state index < -0.39 is 29.2 Å². The zero-order chi connectivity index (χ0) is 16.3. The summed E-state index contributed by atoms with van der Waals surface area (Å²) in [4.78, 5) is 24.8. The van der Waals surface area contributed by atoms with Gasteiger partial charge in [-0.2, -0.15) is 0 Å². The Labute approximate surface area is 130 Å². The van der Waals surface area contributed by atoms with Gasteiger partial charge in [0.25, 0.3) is 0 Å². The monoisotopic (exact) mass is 308 g/mol. The second-order valence-corrected chi connectivity index (χ2v) is 7.04. The highest BCUT2D eigenvalue weighted by Crippen LogP contribution is 2.59. The third-order valence-corrected chi connectivity index (χ3v) is 6.18. The molecule has 6 unspecified atom stereocenters. The highest BCUT2D eigenvalue weighted by atomic mass is 16.6. The number of ether oxygens (including phenoxy) is 2. The third-order valence-electron chi connectivity index (χ3n) is 6.18. The van der Waals surface area contributed by atoms with Gasteiger partial charge in [-0.25, -0.2) is 4.79 Å². The maximum atomic E-state index is 12.8. The third kappa shape index (κ3) is 1.67. The van der Waals surface area contributed by atoms with Crippen LogP contribution in [0, 0.1) is 17.3 Å². The molecule has 0 aromatic rings. The minimum Gasteiger partial charge on any atom is -0.457 e. The van der Waals surface area contributed by atoms with Gasteiger partial charge in [-0.3, -0.25) is 4.79 Å². The maximum Gasteiger partial charge on any atom is 0.334 e. The van der Waals surface area contributed by atoms with Crippen molar-refractivity contribution in [1.82, 2.24) is 0 Å². The lowest BCUT2D eigenvalue weighted by molar-refractivity contribution is -0.197. The number of carbonyl (C=O) groups excluding carboxylic acids is 2. The second kappa shape index (κ2) is 4.90. The molecule has 6 atom stereocenters. The average Bonchev–Trinajstić information content (AvgIpc) is 2.83. The molecule has 0 amide bonds. The Morgan fingerprint density at radius 2 is 2.09 bits per heavy atom. The van der Waals surface area contributed by atoms with E-state index in [-0.39, 0.29) is 24.0 Å². The number of hydrogen-bond acceptors (Lipinski definition) is 5. The minimum atomic E-state index is -1.32. The minimum absolute atomic E-state index is 0.0836. The summed E-state index contributed by atoms with van der Waals surface area (Å²) in [5, 5.41) is 11.5. The lowest BCUT2D eigenvalue weighted by Gasteiger charge is -2.46. The van der Waals surface area contributed by atoms with Crippen LogP contribution in [-0.2, 0) is 19.1 Å². The average molecular weight is 308 g/mol. The Bertz CT molecular complexity index is 541. The summed E-state index contributed by atoms with van der Waals surface area (Å²) in [5.41, 5.74) is -2.03. The van der Waals surface area contributed by atoms with Crippen LogP contribution in [0.3, 0.4) is 0 Å². The van der Waals surface area contributed by atoms with Crippen molar-refractivity contribution in [3.8, 4) is 0 Å². The standard InChI is InChI=1S/C17H24O5/c1-5-21-13-8-12(18)16(4)14-11(10(3)15(19)22-14)7-6-9(2)17(13,16)20/h9,11,13-14,20H,3,5-8H2,1-2,4H3. The van der Waals surface area contributed by atoms with Crippen molar-refractivity contribution >= 4 is 11.8 Å². The SMILES string of the molecule is C=C1C(=O)OC2C1CCC(C)C1(O)C(OCC)CC(=O)C21C. The Morgan fingerprint density at radius 1 is 1.41 bits per heavy atom. The van der Waals surface area contributed by atoms with Crippen molar-refractivity contribution < 1.29 is 24.2 Å². The molecule has 2 aliphatic carbocycles. The molecule has 5 heteroatoms. The van der Waals surface area contributed by atoms with Crippen LogP contribution in [0.1, 0.15) is 40.0 Å². The predicted octanol–water partition coefficient (Wildman–Crippen LogP) is 1.63. The summed E-state index contributed by atoms with van der Waals surface area (Å²) in [6.07, 6.45) is 0.384. The largest absolute Gasteiger partial charge is 0.457 e. The van der Waals surface area contributed by atoms with Crippen LogP contribution in [0.4, 0.5) is 0 Å². The molecule has 0 aromatic heterocycles. The first kappa shape index (κ1) is 15.7. The van der Waals surface area contributed by atoms with Crippen LogP contribution in [0.5, 0.6) is 0 Å². The van der Waals surface area contributed by atoms with Crippen LogP contribution in [-0.4, -0.2) is 41.3 Å². The molecule has 1 N–H and O–H groups in total. The number of fused-ring (bicyclic) bond motifs is 3. The molecule has 0 bridgehead atoms. The van der Waals surface area contributed by atoms with E-state index in [9.17, 15) is 14.7 Å². The molecule has 0 radical (unpaired) electrons. The van der Waals surface area contributed by atoms with Crippen molar-refractivity contribution in [1.29, 1.82) is 0 Å². The maximum absolute atomic E-state index is 12.8. The van der Waals surface area contributed by atoms with Crippen molar-refractivity contribution in [2.75, 3.05) is 6.61 Å². The first-order valence-corrected chi connectivity index (χ1v) is 8.05. The molecular weight excluding hydrogens is 284 g/mol. The lowest BCUT2D eigenvalue weighted by Crippen LogP contribution is -2.60. The van der Waals surface area contributed by atoms with E-state index >= 15 is 0 Å². The van der Waals surface area contributed by atoms with E-state index in [2.05, 4.69) is 6.58 Å². The summed E-state index contributed by atoms with van der Waals surface area (Å²) in [6, 6.07) is 0. The Kier molecular flexibility index (Phi) is 3.49. The number of hydrogen-bond donors (Lipinski definition) is 1. The Balaban J connectivity index is 2.12. The second-order valence-electron chi connectivity index (χ2n) is 7.04. The van der Waals surface area contributed by atoms with Crippen molar-refractivity contribution in [3.63, 3.8) is 0 Å². The molecule has 0 aromatic carbocycles. The van der Waals surface area contributed by atoms with E-state index in [1.165, 1.54) is 0 Å². The summed E-state index contributed by atoms with van der Waals surface area (Å²) in [6.45, 7) is 9.81. The molecule has 22 heavy (non-hydrogen) atoms. The Hall–Kier alpha value is -1.20. The van der Waals surface area contributed by atoms with Crippen LogP contribution < -0.4 is 0 Å². The van der Waals surface area contributed by atoms with Gasteiger partial charge < -0.3 is 14.6 Å². The van der Waals surface area contributed by atoms with Crippen molar-refractivity contribution in [3.05, 3.63) is 12.2 Å². The van der Waals surface area contributed by atoms with E-state index in [1.54, 1.807) is 6.92 Å². The molecule has 3 rings (SSSR count). The van der Waals surface area contributed by atoms with Crippen molar-refractivity contribution in [2.45, 2.75) is 57.8 Å². The summed E-state index contributed by atoms with van der Waals surface area (Å²) in [7, 11) is 0. The van der Waals surface area contributed by atoms with Gasteiger partial charge in [0, 0.05) is 24.5 Å². The Morgan fingerprint density at radius 3 is 2.73 bits per heavy atom. The van der Waals surface area contributed by atoms with Crippen LogP contribution in [0.2, 0.25) is 0 Å². The van der Waals surface area contributed by atoms with E-state index in [0.29, 0.717) is 25.0 Å². The number of ketones is 1. The predicted molar refractivity (Wildman–Crippen MR) is 79.0 cm³/mol. The van der Waals surface area contributed by atoms with E-state index in [4.69, 9.17) is 9.47 Å². The van der Waals surface area contributed by atoms with E-state index in [0.717, 1.165) is 0 Å². The molecule has 1 heterocycles. The van der Waals surface area contributed by atoms with Crippen molar-refractivity contribution in [2.24, 2.45) is 17.3 Å². The summed E-state index contributed by atoms with van der Waals surface area (Å²) >= 11 is 0. The molecule has 3 aliphatic rings. The fraction of sp³-hybridized carbons (Fsp3) is 0.765. The van der Waals surface area contributed by atoms with Gasteiger partial charge in [0.2, 0.25) is 0 Å². The number of carbonyl (C=O) groups is 2. The molecule has 5 nitrogen and oxygen atoms in total. The zero-order valence-electron chi connectivity index (χ0n) is 13.4. The zero-order valence-corrected chi connectivity index (χ0v) is 13.4. The number of aliphatic hydroxyl groups is 1. The van der Waals surface area contributed by atoms with E-state index in [1.807, 2.05) is 13.8 Å². The summed E-state index contributed by atoms with van der Waals surface area (Å²) < 4.78 is 11.2. The fourth-order valence-electron chi connectivity index (χ4n) is 4.80. The van der Waals surface area contributed by atoms with Gasteiger partial charge in [0.05, 0.1) is 11.5 Å². The topological polar surface area (TPSA) is 72.8 Å². The van der Waals surface area contributed by atoms with Crippen LogP contribution in [0.25, 0.3) is 0 Å². The summed E-state index contributed by atoms with van der Waals surface area (Å²) in [5.74, 6) is -0.837. The number of rotatable bonds is 2. The molecule has 2 saturated carbocycles. The molecular formula is C17H24O5. The highest BCUT2D eigenvalue weighted by molar-refractivity contribution is 5.95. The van der Waals surface area contributed by atoms with Gasteiger partial charge in [0.15, 0.2) is 0 Å². The number of Topliss-reactive ketones (excluding diaryl/α,β-unsaturated/α-hetero) is 1. The number of esters is 1. The molecule has 1 saturated heterocycles. The highest BCUT2D eigenvalue weighted by Gasteiger charge is 2.72. The molecule has 1 aliphatic heterocycles. The smallest absolute Gasteiger partial charge is 0.334 e. The van der Waals surface area contributed by atoms with Gasteiger partial charge in [-0.05, 0) is 32.6 Å². The van der Waals surface area contributed by atoms with Gasteiger partial charge in [-0.1, -0.05) is 13.5 Å². The van der Waals surface area contributed by atoms with Crippen LogP contribution in [0.15, 0.2) is 12.2 Å². The first-order chi connectivity index (χ1) is 10.3. The fourth-order valence-corrected chi connectivity index (χ4v) is 4.80. The molecule has 0 spiro atoms. The van der Waals surface area contributed by atoms with Gasteiger partial charge >= 0.3 is 5.97 Å². The molecule has 3 fully saturated rings.